The highest BCUT2D eigenvalue weighted by Gasteiger charge is 2.20. The van der Waals surface area contributed by atoms with Gasteiger partial charge in [0.2, 0.25) is 11.9 Å². The lowest BCUT2D eigenvalue weighted by molar-refractivity contribution is -0.119. The van der Waals surface area contributed by atoms with Crippen LogP contribution in [0.4, 0.5) is 10.3 Å². The average Bonchev–Trinajstić information content (AvgIpc) is 3.10. The molecule has 27 heavy (non-hydrogen) atoms. The molecule has 0 aliphatic carbocycles. The number of anilines is 1. The molecule has 146 valence electrons. The lowest BCUT2D eigenvalue weighted by atomic mass is 10.1. The van der Waals surface area contributed by atoms with Crippen molar-refractivity contribution in [1.29, 1.82) is 0 Å². The van der Waals surface area contributed by atoms with Gasteiger partial charge >= 0.3 is 0 Å². The molecular formula is C18H24FN5O2S. The largest absolute Gasteiger partial charge is 0.378 e. The lowest BCUT2D eigenvalue weighted by Crippen LogP contribution is -2.38. The summed E-state index contributed by atoms with van der Waals surface area (Å²) in [5.74, 6) is 0.675. The van der Waals surface area contributed by atoms with Gasteiger partial charge in [0.1, 0.15) is 5.82 Å². The normalized spacial score (nSPS) is 15.6. The standard InChI is InChI=1S/C18H24FN5O2S/c1-3-24-17(23-8-10-26-11-9-23)21-22-18(24)27-12-16(25)20-13(2)14-4-6-15(19)7-5-14/h4-7,13H,3,8-12H2,1-2H3,(H,20,25). The molecule has 1 aromatic carbocycles. The molecule has 1 N–H and O–H groups in total. The zero-order chi connectivity index (χ0) is 19.2. The Hall–Kier alpha value is -2.13. The molecule has 1 aliphatic rings. The first-order valence-electron chi connectivity index (χ1n) is 9.02. The molecule has 7 nitrogen and oxygen atoms in total. The number of nitrogens with one attached hydrogen (secondary N) is 1. The van der Waals surface area contributed by atoms with Gasteiger partial charge in [-0.1, -0.05) is 23.9 Å². The van der Waals surface area contributed by atoms with Gasteiger partial charge in [0.05, 0.1) is 25.0 Å². The van der Waals surface area contributed by atoms with Crippen LogP contribution in [-0.2, 0) is 16.1 Å². The molecule has 1 fully saturated rings. The maximum Gasteiger partial charge on any atom is 0.230 e. The molecule has 0 bridgehead atoms. The van der Waals surface area contributed by atoms with Crippen molar-refractivity contribution in [2.45, 2.75) is 31.6 Å². The summed E-state index contributed by atoms with van der Waals surface area (Å²) in [6.07, 6.45) is 0. The molecule has 0 radical (unpaired) electrons. The van der Waals surface area contributed by atoms with E-state index in [1.165, 1.54) is 23.9 Å². The topological polar surface area (TPSA) is 72.3 Å². The minimum Gasteiger partial charge on any atom is -0.378 e. The Morgan fingerprint density at radius 2 is 2.00 bits per heavy atom. The number of rotatable bonds is 7. The Balaban J connectivity index is 1.56. The summed E-state index contributed by atoms with van der Waals surface area (Å²) in [5.41, 5.74) is 0.862. The maximum atomic E-state index is 13.0. The third-order valence-corrected chi connectivity index (χ3v) is 5.35. The minimum atomic E-state index is -0.289. The van der Waals surface area contributed by atoms with Crippen molar-refractivity contribution in [1.82, 2.24) is 20.1 Å². The van der Waals surface area contributed by atoms with Gasteiger partial charge in [-0.15, -0.1) is 10.2 Å². The molecule has 1 aliphatic heterocycles. The van der Waals surface area contributed by atoms with Gasteiger partial charge in [-0.3, -0.25) is 9.36 Å². The van der Waals surface area contributed by atoms with Crippen molar-refractivity contribution in [2.75, 3.05) is 37.0 Å². The fraction of sp³-hybridized carbons (Fsp3) is 0.500. The highest BCUT2D eigenvalue weighted by molar-refractivity contribution is 7.99. The zero-order valence-corrected chi connectivity index (χ0v) is 16.3. The van der Waals surface area contributed by atoms with Gasteiger partial charge in [-0.2, -0.15) is 0 Å². The molecule has 1 aromatic heterocycles. The Labute approximate surface area is 162 Å². The van der Waals surface area contributed by atoms with Crippen LogP contribution in [0, 0.1) is 5.82 Å². The van der Waals surface area contributed by atoms with Crippen LogP contribution in [0.15, 0.2) is 29.4 Å². The van der Waals surface area contributed by atoms with Crippen molar-refractivity contribution in [3.8, 4) is 0 Å². The second-order valence-electron chi connectivity index (χ2n) is 6.26. The van der Waals surface area contributed by atoms with Crippen LogP contribution in [-0.4, -0.2) is 52.7 Å². The van der Waals surface area contributed by atoms with Crippen LogP contribution in [0.25, 0.3) is 0 Å². The van der Waals surface area contributed by atoms with Crippen molar-refractivity contribution >= 4 is 23.6 Å². The third-order valence-electron chi connectivity index (χ3n) is 4.39. The van der Waals surface area contributed by atoms with E-state index in [4.69, 9.17) is 4.74 Å². The first-order chi connectivity index (χ1) is 13.1. The van der Waals surface area contributed by atoms with Gasteiger partial charge in [0.25, 0.3) is 0 Å². The third kappa shape index (κ3) is 4.98. The SMILES string of the molecule is CCn1c(SCC(=O)NC(C)c2ccc(F)cc2)nnc1N1CCOCC1. The molecular weight excluding hydrogens is 369 g/mol. The van der Waals surface area contributed by atoms with E-state index < -0.39 is 0 Å². The summed E-state index contributed by atoms with van der Waals surface area (Å²) >= 11 is 1.36. The van der Waals surface area contributed by atoms with Crippen LogP contribution < -0.4 is 10.2 Å². The second-order valence-corrected chi connectivity index (χ2v) is 7.20. The molecule has 0 saturated carbocycles. The number of halogens is 1. The number of carbonyl (C=O) groups is 1. The number of aromatic nitrogens is 3. The molecule has 0 spiro atoms. The number of morpholine rings is 1. The summed E-state index contributed by atoms with van der Waals surface area (Å²) in [4.78, 5) is 14.4. The van der Waals surface area contributed by atoms with Gasteiger partial charge in [-0.25, -0.2) is 4.39 Å². The fourth-order valence-electron chi connectivity index (χ4n) is 2.91. The zero-order valence-electron chi connectivity index (χ0n) is 15.5. The van der Waals surface area contributed by atoms with Crippen molar-refractivity contribution in [2.24, 2.45) is 0 Å². The maximum absolute atomic E-state index is 13.0. The summed E-state index contributed by atoms with van der Waals surface area (Å²) in [6, 6.07) is 5.95. The van der Waals surface area contributed by atoms with Gasteiger partial charge in [-0.05, 0) is 31.5 Å². The van der Waals surface area contributed by atoms with E-state index in [1.807, 2.05) is 18.4 Å². The predicted molar refractivity (Wildman–Crippen MR) is 102 cm³/mol. The van der Waals surface area contributed by atoms with Crippen molar-refractivity contribution < 1.29 is 13.9 Å². The molecule has 1 amide bonds. The number of hydrogen-bond acceptors (Lipinski definition) is 6. The van der Waals surface area contributed by atoms with Crippen molar-refractivity contribution in [3.05, 3.63) is 35.6 Å². The number of carbonyl (C=O) groups excluding carboxylic acids is 1. The number of hydrogen-bond donors (Lipinski definition) is 1. The summed E-state index contributed by atoms with van der Waals surface area (Å²) < 4.78 is 20.4. The van der Waals surface area contributed by atoms with E-state index in [0.717, 1.165) is 36.3 Å². The second kappa shape index (κ2) is 9.18. The van der Waals surface area contributed by atoms with E-state index in [9.17, 15) is 9.18 Å². The quantitative estimate of drug-likeness (QED) is 0.728. The molecule has 1 unspecified atom stereocenters. The van der Waals surface area contributed by atoms with E-state index >= 15 is 0 Å². The number of nitrogens with zero attached hydrogens (tertiary/aromatic N) is 4. The summed E-state index contributed by atoms with van der Waals surface area (Å²) in [7, 11) is 0. The summed E-state index contributed by atoms with van der Waals surface area (Å²) in [6.45, 7) is 7.59. The Kier molecular flexibility index (Phi) is 6.68. The number of ether oxygens (including phenoxy) is 1. The number of thioether (sulfide) groups is 1. The van der Waals surface area contributed by atoms with Crippen LogP contribution in [0.3, 0.4) is 0 Å². The number of amides is 1. The summed E-state index contributed by atoms with van der Waals surface area (Å²) in [5, 5.41) is 12.2. The van der Waals surface area contributed by atoms with Gasteiger partial charge in [0.15, 0.2) is 5.16 Å². The van der Waals surface area contributed by atoms with Crippen molar-refractivity contribution in [3.63, 3.8) is 0 Å². The van der Waals surface area contributed by atoms with Gasteiger partial charge < -0.3 is 15.0 Å². The molecule has 2 heterocycles. The fourth-order valence-corrected chi connectivity index (χ4v) is 3.72. The monoisotopic (exact) mass is 393 g/mol. The average molecular weight is 393 g/mol. The molecule has 1 saturated heterocycles. The highest BCUT2D eigenvalue weighted by Crippen LogP contribution is 2.23. The van der Waals surface area contributed by atoms with E-state index in [0.29, 0.717) is 13.2 Å². The molecule has 2 aromatic rings. The Morgan fingerprint density at radius 3 is 2.67 bits per heavy atom. The molecule has 3 rings (SSSR count). The Bertz CT molecular complexity index is 762. The Morgan fingerprint density at radius 1 is 1.30 bits per heavy atom. The smallest absolute Gasteiger partial charge is 0.230 e. The molecule has 9 heteroatoms. The van der Waals surface area contributed by atoms with Crippen LogP contribution in [0.1, 0.15) is 25.5 Å². The van der Waals surface area contributed by atoms with Crippen LogP contribution >= 0.6 is 11.8 Å². The minimum absolute atomic E-state index is 0.101. The van der Waals surface area contributed by atoms with Crippen LogP contribution in [0.5, 0.6) is 0 Å². The van der Waals surface area contributed by atoms with E-state index in [-0.39, 0.29) is 23.5 Å². The molecule has 1 atom stereocenters. The highest BCUT2D eigenvalue weighted by atomic mass is 32.2. The first-order valence-corrected chi connectivity index (χ1v) is 10.0. The predicted octanol–water partition coefficient (Wildman–Crippen LogP) is 2.24. The van der Waals surface area contributed by atoms with E-state index in [1.54, 1.807) is 12.1 Å². The lowest BCUT2D eigenvalue weighted by Gasteiger charge is -2.27. The van der Waals surface area contributed by atoms with E-state index in [2.05, 4.69) is 20.4 Å². The van der Waals surface area contributed by atoms with Crippen LogP contribution in [0.2, 0.25) is 0 Å². The first kappa shape index (κ1) is 19.6. The number of benzene rings is 1. The van der Waals surface area contributed by atoms with Gasteiger partial charge in [0, 0.05) is 19.6 Å².